The minimum atomic E-state index is -0.203. The van der Waals surface area contributed by atoms with E-state index in [2.05, 4.69) is 59.6 Å². The Kier molecular flexibility index (Phi) is 4.86. The van der Waals surface area contributed by atoms with Crippen LogP contribution in [0.1, 0.15) is 57.5 Å². The Hall–Kier alpha value is -3.52. The van der Waals surface area contributed by atoms with Crippen LogP contribution < -0.4 is 16.2 Å². The summed E-state index contributed by atoms with van der Waals surface area (Å²) in [6.45, 7) is 10.7. The van der Waals surface area contributed by atoms with Gasteiger partial charge >= 0.3 is 0 Å². The summed E-state index contributed by atoms with van der Waals surface area (Å²) >= 11 is 0. The molecule has 1 spiro atoms. The number of rotatable bonds is 4. The fraction of sp³-hybridized carbons (Fsp3) is 0.407. The number of anilines is 2. The van der Waals surface area contributed by atoms with Crippen molar-refractivity contribution in [2.24, 2.45) is 0 Å². The first-order valence-corrected chi connectivity index (χ1v) is 12.4. The van der Waals surface area contributed by atoms with Crippen LogP contribution in [0.2, 0.25) is 0 Å². The summed E-state index contributed by atoms with van der Waals surface area (Å²) in [6.07, 6.45) is 5.95. The molecule has 4 aromatic rings. The van der Waals surface area contributed by atoms with Gasteiger partial charge < -0.3 is 10.6 Å². The highest BCUT2D eigenvalue weighted by atomic mass is 16.1. The molecule has 0 amide bonds. The molecule has 6 rings (SSSR count). The van der Waals surface area contributed by atoms with Gasteiger partial charge in [0, 0.05) is 60.7 Å². The number of nitrogens with zero attached hydrogens (tertiary/aromatic N) is 5. The molecule has 4 heterocycles. The van der Waals surface area contributed by atoms with Gasteiger partial charge in [-0.15, -0.1) is 0 Å². The number of aromatic nitrogens is 5. The molecule has 3 aromatic heterocycles. The zero-order chi connectivity index (χ0) is 24.4. The van der Waals surface area contributed by atoms with E-state index in [1.54, 1.807) is 17.1 Å². The Balaban J connectivity index is 1.42. The van der Waals surface area contributed by atoms with Gasteiger partial charge in [-0.1, -0.05) is 26.8 Å². The van der Waals surface area contributed by atoms with E-state index in [0.29, 0.717) is 29.0 Å². The third-order valence-corrected chi connectivity index (χ3v) is 7.23. The molecule has 1 saturated carbocycles. The monoisotopic (exact) mass is 469 g/mol. The molecule has 1 aliphatic carbocycles. The first kappa shape index (κ1) is 22.0. The van der Waals surface area contributed by atoms with E-state index in [1.807, 2.05) is 23.7 Å². The second-order valence-corrected chi connectivity index (χ2v) is 10.8. The van der Waals surface area contributed by atoms with Crippen molar-refractivity contribution in [2.45, 2.75) is 64.5 Å². The standard InChI is InChI=1S/C27H31N7O/c1-5-33-24(35)19-15-30-22(13-21(19)34(33)23-8-11-29-25(32-23)26(2,3)4)31-18-6-7-20-17(12-18)14-28-16-27(20)9-10-27/h6-8,11-13,15,28H,5,9-10,14,16H2,1-4H3,(H,30,31). The molecule has 1 fully saturated rings. The Labute approximate surface area is 204 Å². The number of hydrogen-bond donors (Lipinski definition) is 2. The Morgan fingerprint density at radius 2 is 1.97 bits per heavy atom. The first-order chi connectivity index (χ1) is 16.8. The topological polar surface area (TPSA) is 89.7 Å². The molecule has 0 saturated heterocycles. The average molecular weight is 470 g/mol. The van der Waals surface area contributed by atoms with Crippen molar-refractivity contribution >= 4 is 22.4 Å². The fourth-order valence-corrected chi connectivity index (χ4v) is 5.19. The SMILES string of the molecule is CCn1c(=O)c2cnc(Nc3ccc4c(c3)CNCC43CC3)cc2n1-c1ccnc(C(C)(C)C)n1. The fourth-order valence-electron chi connectivity index (χ4n) is 5.19. The molecule has 1 aliphatic heterocycles. The average Bonchev–Trinajstić information content (AvgIpc) is 3.55. The van der Waals surface area contributed by atoms with E-state index >= 15 is 0 Å². The molecule has 0 unspecified atom stereocenters. The number of hydrogen-bond acceptors (Lipinski definition) is 6. The van der Waals surface area contributed by atoms with Gasteiger partial charge in [0.1, 0.15) is 11.6 Å². The lowest BCUT2D eigenvalue weighted by Gasteiger charge is -2.26. The predicted molar refractivity (Wildman–Crippen MR) is 138 cm³/mol. The second kappa shape index (κ2) is 7.75. The van der Waals surface area contributed by atoms with Gasteiger partial charge in [0.25, 0.3) is 5.56 Å². The van der Waals surface area contributed by atoms with Gasteiger partial charge in [-0.05, 0) is 43.0 Å². The van der Waals surface area contributed by atoms with Crippen molar-refractivity contribution < 1.29 is 0 Å². The minimum Gasteiger partial charge on any atom is -0.340 e. The first-order valence-electron chi connectivity index (χ1n) is 12.4. The molecule has 0 atom stereocenters. The number of nitrogens with one attached hydrogen (secondary N) is 2. The molecule has 2 aliphatic rings. The van der Waals surface area contributed by atoms with E-state index in [1.165, 1.54) is 24.0 Å². The lowest BCUT2D eigenvalue weighted by atomic mass is 9.88. The van der Waals surface area contributed by atoms with Crippen LogP contribution in [0.4, 0.5) is 11.5 Å². The molecule has 0 radical (unpaired) electrons. The summed E-state index contributed by atoms with van der Waals surface area (Å²) in [4.78, 5) is 27.0. The van der Waals surface area contributed by atoms with Crippen LogP contribution in [-0.2, 0) is 23.9 Å². The highest BCUT2D eigenvalue weighted by Gasteiger charge is 2.46. The lowest BCUT2D eigenvalue weighted by Crippen LogP contribution is -2.33. The minimum absolute atomic E-state index is 0.0768. The quantitative estimate of drug-likeness (QED) is 0.466. The van der Waals surface area contributed by atoms with Crippen LogP contribution in [0.5, 0.6) is 0 Å². The second-order valence-electron chi connectivity index (χ2n) is 10.8. The Bertz CT molecular complexity index is 1500. The normalized spacial score (nSPS) is 16.5. The summed E-state index contributed by atoms with van der Waals surface area (Å²) in [5.41, 5.74) is 4.67. The third-order valence-electron chi connectivity index (χ3n) is 7.23. The van der Waals surface area contributed by atoms with Gasteiger partial charge in [-0.3, -0.25) is 4.79 Å². The van der Waals surface area contributed by atoms with E-state index < -0.39 is 0 Å². The summed E-state index contributed by atoms with van der Waals surface area (Å²) in [7, 11) is 0. The summed E-state index contributed by atoms with van der Waals surface area (Å²) in [5, 5.41) is 7.60. The summed E-state index contributed by atoms with van der Waals surface area (Å²) in [6, 6.07) is 10.4. The predicted octanol–water partition coefficient (Wildman–Crippen LogP) is 4.17. The van der Waals surface area contributed by atoms with Crippen molar-refractivity contribution in [3.63, 3.8) is 0 Å². The molecular formula is C27H31N7O. The third kappa shape index (κ3) is 3.63. The zero-order valence-corrected chi connectivity index (χ0v) is 20.7. The number of fused-ring (bicyclic) bond motifs is 3. The van der Waals surface area contributed by atoms with Gasteiger partial charge in [-0.25, -0.2) is 24.3 Å². The molecule has 180 valence electrons. The van der Waals surface area contributed by atoms with E-state index in [4.69, 9.17) is 4.98 Å². The lowest BCUT2D eigenvalue weighted by molar-refractivity contribution is 0.529. The summed E-state index contributed by atoms with van der Waals surface area (Å²) < 4.78 is 3.58. The maximum Gasteiger partial charge on any atom is 0.276 e. The molecule has 1 aromatic carbocycles. The maximum atomic E-state index is 13.2. The van der Waals surface area contributed by atoms with E-state index in [-0.39, 0.29) is 11.0 Å². The van der Waals surface area contributed by atoms with Gasteiger partial charge in [0.2, 0.25) is 0 Å². The molecule has 8 nitrogen and oxygen atoms in total. The molecule has 0 bridgehead atoms. The van der Waals surface area contributed by atoms with Crippen molar-refractivity contribution in [1.29, 1.82) is 0 Å². The van der Waals surface area contributed by atoms with Crippen molar-refractivity contribution in [3.8, 4) is 5.82 Å². The number of benzene rings is 1. The van der Waals surface area contributed by atoms with Crippen LogP contribution in [0, 0.1) is 0 Å². The summed E-state index contributed by atoms with van der Waals surface area (Å²) in [5.74, 6) is 2.09. The van der Waals surface area contributed by atoms with Gasteiger partial charge in [-0.2, -0.15) is 0 Å². The molecular weight excluding hydrogens is 438 g/mol. The van der Waals surface area contributed by atoms with Crippen molar-refractivity contribution in [3.05, 3.63) is 70.0 Å². The maximum absolute atomic E-state index is 13.2. The zero-order valence-electron chi connectivity index (χ0n) is 20.7. The Morgan fingerprint density at radius 3 is 2.71 bits per heavy atom. The molecule has 2 N–H and O–H groups in total. The van der Waals surface area contributed by atoms with Crippen LogP contribution in [0.15, 0.2) is 47.5 Å². The van der Waals surface area contributed by atoms with E-state index in [0.717, 1.165) is 30.1 Å². The van der Waals surface area contributed by atoms with Crippen LogP contribution in [0.25, 0.3) is 16.7 Å². The smallest absolute Gasteiger partial charge is 0.276 e. The largest absolute Gasteiger partial charge is 0.340 e. The molecule has 8 heteroatoms. The van der Waals surface area contributed by atoms with Gasteiger partial charge in [0.15, 0.2) is 5.82 Å². The van der Waals surface area contributed by atoms with Crippen molar-refractivity contribution in [1.82, 2.24) is 29.6 Å². The van der Waals surface area contributed by atoms with Crippen LogP contribution >= 0.6 is 0 Å². The molecule has 35 heavy (non-hydrogen) atoms. The van der Waals surface area contributed by atoms with Gasteiger partial charge in [0.05, 0.1) is 10.9 Å². The highest BCUT2D eigenvalue weighted by molar-refractivity contribution is 5.82. The van der Waals surface area contributed by atoms with E-state index in [9.17, 15) is 4.79 Å². The van der Waals surface area contributed by atoms with Crippen LogP contribution in [0.3, 0.4) is 0 Å². The van der Waals surface area contributed by atoms with Crippen molar-refractivity contribution in [2.75, 3.05) is 11.9 Å². The van der Waals surface area contributed by atoms with Crippen LogP contribution in [-0.4, -0.2) is 30.9 Å². The Morgan fingerprint density at radius 1 is 1.14 bits per heavy atom. The highest BCUT2D eigenvalue weighted by Crippen LogP contribution is 2.50. The number of pyridine rings is 1.